The van der Waals surface area contributed by atoms with Crippen LogP contribution in [0, 0.1) is 0 Å². The van der Waals surface area contributed by atoms with Crippen molar-refractivity contribution in [3.63, 3.8) is 0 Å². The van der Waals surface area contributed by atoms with Crippen molar-refractivity contribution in [3.8, 4) is 0 Å². The van der Waals surface area contributed by atoms with E-state index in [-0.39, 0.29) is 25.4 Å². The van der Waals surface area contributed by atoms with Gasteiger partial charge in [-0.2, -0.15) is 8.42 Å². The largest absolute Gasteiger partial charge is 0.384 e. The van der Waals surface area contributed by atoms with Gasteiger partial charge in [-0.3, -0.25) is 4.79 Å². The first-order valence-electron chi connectivity index (χ1n) is 5.28. The minimum Gasteiger partial charge on any atom is -0.384 e. The van der Waals surface area contributed by atoms with E-state index in [1.165, 1.54) is 11.1 Å². The molecule has 18 heavy (non-hydrogen) atoms. The van der Waals surface area contributed by atoms with Crippen LogP contribution in [0.3, 0.4) is 0 Å². The summed E-state index contributed by atoms with van der Waals surface area (Å²) in [5.41, 5.74) is 6.22. The molecule has 8 heteroatoms. The summed E-state index contributed by atoms with van der Waals surface area (Å²) in [4.78, 5) is 16.7. The Bertz CT molecular complexity index is 575. The fourth-order valence-electron chi connectivity index (χ4n) is 1.89. The number of carbonyl (C=O) groups is 1. The number of nitrogens with two attached hydrogens (primary N) is 1. The molecule has 2 N–H and O–H groups in total. The van der Waals surface area contributed by atoms with Gasteiger partial charge in [0, 0.05) is 25.7 Å². The Morgan fingerprint density at radius 3 is 2.83 bits per heavy atom. The Kier molecular flexibility index (Phi) is 3.20. The van der Waals surface area contributed by atoms with Crippen molar-refractivity contribution in [2.24, 2.45) is 0 Å². The zero-order valence-electron chi connectivity index (χ0n) is 9.41. The number of rotatable bonds is 3. The standard InChI is InChI=1S/C10H12FN3O3S/c11-18(16,17)8-4-10(15)14(6-8)5-7-1-2-13-9(12)3-7/h1-3,8H,4-6H2,(H2,12,13). The lowest BCUT2D eigenvalue weighted by Crippen LogP contribution is -2.26. The maximum absolute atomic E-state index is 12.8. The summed E-state index contributed by atoms with van der Waals surface area (Å²) < 4.78 is 34.3. The Labute approximate surface area is 104 Å². The molecular formula is C10H12FN3O3S. The topological polar surface area (TPSA) is 93.4 Å². The average Bonchev–Trinajstić information content (AvgIpc) is 2.60. The molecule has 0 saturated carbocycles. The molecule has 1 aromatic rings. The van der Waals surface area contributed by atoms with Crippen LogP contribution in [0.5, 0.6) is 0 Å². The van der Waals surface area contributed by atoms with Crippen LogP contribution in [0.25, 0.3) is 0 Å². The van der Waals surface area contributed by atoms with Gasteiger partial charge in [0.1, 0.15) is 11.1 Å². The van der Waals surface area contributed by atoms with Gasteiger partial charge in [0.05, 0.1) is 0 Å². The molecule has 98 valence electrons. The van der Waals surface area contributed by atoms with E-state index in [1.807, 2.05) is 0 Å². The molecule has 1 amide bonds. The highest BCUT2D eigenvalue weighted by Crippen LogP contribution is 2.21. The highest BCUT2D eigenvalue weighted by atomic mass is 32.3. The summed E-state index contributed by atoms with van der Waals surface area (Å²) in [5, 5.41) is -1.26. The van der Waals surface area contributed by atoms with Crippen molar-refractivity contribution in [2.45, 2.75) is 18.2 Å². The van der Waals surface area contributed by atoms with E-state index in [1.54, 1.807) is 12.1 Å². The van der Waals surface area contributed by atoms with Crippen LogP contribution in [0.15, 0.2) is 18.3 Å². The number of hydrogen-bond donors (Lipinski definition) is 1. The van der Waals surface area contributed by atoms with Crippen molar-refractivity contribution in [1.82, 2.24) is 9.88 Å². The van der Waals surface area contributed by atoms with E-state index in [0.29, 0.717) is 5.82 Å². The molecule has 1 fully saturated rings. The van der Waals surface area contributed by atoms with Crippen molar-refractivity contribution in [2.75, 3.05) is 12.3 Å². The van der Waals surface area contributed by atoms with E-state index >= 15 is 0 Å². The number of carbonyl (C=O) groups excluding carboxylic acids is 1. The highest BCUT2D eigenvalue weighted by Gasteiger charge is 2.38. The highest BCUT2D eigenvalue weighted by molar-refractivity contribution is 7.87. The Morgan fingerprint density at radius 1 is 1.56 bits per heavy atom. The Morgan fingerprint density at radius 2 is 2.28 bits per heavy atom. The smallest absolute Gasteiger partial charge is 0.307 e. The second-order valence-corrected chi connectivity index (χ2v) is 5.78. The van der Waals surface area contributed by atoms with Gasteiger partial charge in [0.25, 0.3) is 0 Å². The molecule has 0 aliphatic carbocycles. The Hall–Kier alpha value is -1.70. The first-order chi connectivity index (χ1) is 8.36. The van der Waals surface area contributed by atoms with Crippen LogP contribution in [-0.4, -0.2) is 36.0 Å². The number of pyridine rings is 1. The van der Waals surface area contributed by atoms with Gasteiger partial charge >= 0.3 is 10.2 Å². The lowest BCUT2D eigenvalue weighted by atomic mass is 10.2. The molecule has 2 rings (SSSR count). The number of hydrogen-bond acceptors (Lipinski definition) is 5. The molecule has 1 aromatic heterocycles. The molecule has 2 heterocycles. The fourth-order valence-corrected chi connectivity index (χ4v) is 2.59. The summed E-state index contributed by atoms with van der Waals surface area (Å²) in [6.07, 6.45) is 1.19. The second kappa shape index (κ2) is 4.52. The van der Waals surface area contributed by atoms with Gasteiger partial charge in [-0.25, -0.2) is 4.98 Å². The molecule has 1 aliphatic heterocycles. The van der Waals surface area contributed by atoms with Crippen LogP contribution < -0.4 is 5.73 Å². The third-order valence-electron chi connectivity index (χ3n) is 2.80. The van der Waals surface area contributed by atoms with Gasteiger partial charge in [-0.05, 0) is 17.7 Å². The molecule has 1 saturated heterocycles. The number of halogens is 1. The van der Waals surface area contributed by atoms with Gasteiger partial charge in [0.2, 0.25) is 5.91 Å². The van der Waals surface area contributed by atoms with E-state index in [2.05, 4.69) is 4.98 Å². The Balaban J connectivity index is 2.10. The maximum atomic E-state index is 12.8. The van der Waals surface area contributed by atoms with E-state index in [9.17, 15) is 17.1 Å². The number of amides is 1. The van der Waals surface area contributed by atoms with Crippen LogP contribution in [-0.2, 0) is 21.6 Å². The minimum absolute atomic E-state index is 0.125. The summed E-state index contributed by atoms with van der Waals surface area (Å²) in [5.74, 6) is -0.0644. The summed E-state index contributed by atoms with van der Waals surface area (Å²) >= 11 is 0. The molecule has 1 unspecified atom stereocenters. The zero-order chi connectivity index (χ0) is 13.3. The molecule has 6 nitrogen and oxygen atoms in total. The summed E-state index contributed by atoms with van der Waals surface area (Å²) in [6.45, 7) is 0.0808. The third kappa shape index (κ3) is 2.76. The second-order valence-electron chi connectivity index (χ2n) is 4.16. The van der Waals surface area contributed by atoms with Gasteiger partial charge in [0.15, 0.2) is 0 Å². The number of anilines is 1. The molecule has 0 bridgehead atoms. The third-order valence-corrected chi connectivity index (χ3v) is 3.91. The quantitative estimate of drug-likeness (QED) is 0.786. The van der Waals surface area contributed by atoms with E-state index in [0.717, 1.165) is 5.56 Å². The molecule has 0 radical (unpaired) electrons. The summed E-state index contributed by atoms with van der Waals surface area (Å²) in [7, 11) is -4.67. The lowest BCUT2D eigenvalue weighted by Gasteiger charge is -2.15. The first kappa shape index (κ1) is 12.7. The van der Waals surface area contributed by atoms with Crippen molar-refractivity contribution in [3.05, 3.63) is 23.9 Å². The monoisotopic (exact) mass is 273 g/mol. The van der Waals surface area contributed by atoms with E-state index < -0.39 is 15.5 Å². The SMILES string of the molecule is Nc1cc(CN2CC(S(=O)(=O)F)CC2=O)ccn1. The van der Waals surface area contributed by atoms with Crippen LogP contribution in [0.4, 0.5) is 9.70 Å². The van der Waals surface area contributed by atoms with E-state index in [4.69, 9.17) is 5.73 Å². The molecular weight excluding hydrogens is 261 g/mol. The van der Waals surface area contributed by atoms with Crippen LogP contribution >= 0.6 is 0 Å². The molecule has 0 spiro atoms. The van der Waals surface area contributed by atoms with Crippen molar-refractivity contribution < 1.29 is 17.1 Å². The average molecular weight is 273 g/mol. The fraction of sp³-hybridized carbons (Fsp3) is 0.400. The van der Waals surface area contributed by atoms with Gasteiger partial charge in [-0.1, -0.05) is 0 Å². The predicted molar refractivity (Wildman–Crippen MR) is 62.5 cm³/mol. The van der Waals surface area contributed by atoms with Crippen molar-refractivity contribution >= 4 is 21.9 Å². The number of aromatic nitrogens is 1. The lowest BCUT2D eigenvalue weighted by molar-refractivity contribution is -0.128. The molecule has 1 aliphatic rings. The maximum Gasteiger partial charge on any atom is 0.307 e. The van der Waals surface area contributed by atoms with Gasteiger partial charge in [-0.15, -0.1) is 3.89 Å². The minimum atomic E-state index is -4.67. The molecule has 1 atom stereocenters. The zero-order valence-corrected chi connectivity index (χ0v) is 10.2. The first-order valence-corrected chi connectivity index (χ1v) is 6.72. The normalized spacial score (nSPS) is 20.4. The predicted octanol–water partition coefficient (Wildman–Crippen LogP) is 0.0640. The summed E-state index contributed by atoms with van der Waals surface area (Å²) in [6, 6.07) is 3.26. The van der Waals surface area contributed by atoms with Crippen molar-refractivity contribution in [1.29, 1.82) is 0 Å². The number of nitrogens with zero attached hydrogens (tertiary/aromatic N) is 2. The molecule has 0 aromatic carbocycles. The van der Waals surface area contributed by atoms with Crippen LogP contribution in [0.1, 0.15) is 12.0 Å². The van der Waals surface area contributed by atoms with Crippen LogP contribution in [0.2, 0.25) is 0 Å². The number of likely N-dealkylation sites (tertiary alicyclic amines) is 1. The number of nitrogen functional groups attached to an aromatic ring is 1. The van der Waals surface area contributed by atoms with Gasteiger partial charge < -0.3 is 10.6 Å².